The second-order valence-electron chi connectivity index (χ2n) is 7.04. The van der Waals surface area contributed by atoms with E-state index >= 15 is 0 Å². The number of carbonyl (C=O) groups is 1. The number of ether oxygens (including phenoxy) is 1. The number of thioether (sulfide) groups is 1. The van der Waals surface area contributed by atoms with Crippen molar-refractivity contribution in [2.75, 3.05) is 19.0 Å². The molecule has 3 rings (SSSR count). The van der Waals surface area contributed by atoms with E-state index in [4.69, 9.17) is 10.6 Å². The number of hydrogen-bond acceptors (Lipinski definition) is 6. The van der Waals surface area contributed by atoms with E-state index in [1.54, 1.807) is 0 Å². The van der Waals surface area contributed by atoms with Crippen molar-refractivity contribution in [3.05, 3.63) is 35.9 Å². The Labute approximate surface area is 176 Å². The van der Waals surface area contributed by atoms with Crippen LogP contribution in [0.4, 0.5) is 0 Å². The van der Waals surface area contributed by atoms with E-state index < -0.39 is 0 Å². The SMILES string of the molecule is CCOc1ccc(-c2nnc(S[C@@H](C)C(=O)NCCC3=CCCCC3)n2N)cc1. The van der Waals surface area contributed by atoms with Crippen molar-refractivity contribution in [1.82, 2.24) is 20.2 Å². The number of hydrogen-bond donors (Lipinski definition) is 2. The van der Waals surface area contributed by atoms with E-state index in [1.807, 2.05) is 38.1 Å². The molecular formula is C21H29N5O2S. The molecular weight excluding hydrogens is 386 g/mol. The van der Waals surface area contributed by atoms with E-state index in [0.717, 1.165) is 24.2 Å². The molecule has 1 amide bonds. The molecule has 0 aliphatic heterocycles. The number of allylic oxidation sites excluding steroid dienone is 1. The van der Waals surface area contributed by atoms with Crippen LogP contribution in [0.15, 0.2) is 41.1 Å². The molecule has 0 radical (unpaired) electrons. The topological polar surface area (TPSA) is 95.1 Å². The highest BCUT2D eigenvalue weighted by Gasteiger charge is 2.20. The van der Waals surface area contributed by atoms with E-state index in [2.05, 4.69) is 21.6 Å². The monoisotopic (exact) mass is 415 g/mol. The lowest BCUT2D eigenvalue weighted by atomic mass is 9.97. The van der Waals surface area contributed by atoms with Crippen LogP contribution in [-0.4, -0.2) is 39.2 Å². The van der Waals surface area contributed by atoms with Crippen molar-refractivity contribution in [2.45, 2.75) is 56.4 Å². The fourth-order valence-corrected chi connectivity index (χ4v) is 4.05. The maximum Gasteiger partial charge on any atom is 0.233 e. The molecule has 1 aromatic heterocycles. The van der Waals surface area contributed by atoms with Crippen molar-refractivity contribution in [3.8, 4) is 17.1 Å². The van der Waals surface area contributed by atoms with Gasteiger partial charge in [0.05, 0.1) is 11.9 Å². The number of nitrogens with zero attached hydrogens (tertiary/aromatic N) is 3. The lowest BCUT2D eigenvalue weighted by molar-refractivity contribution is -0.120. The Morgan fingerprint density at radius 2 is 2.10 bits per heavy atom. The molecule has 1 heterocycles. The summed E-state index contributed by atoms with van der Waals surface area (Å²) in [6.45, 7) is 5.08. The average Bonchev–Trinajstić information content (AvgIpc) is 3.09. The molecule has 0 fully saturated rings. The summed E-state index contributed by atoms with van der Waals surface area (Å²) in [5.74, 6) is 7.51. The van der Waals surface area contributed by atoms with Crippen LogP contribution in [0.25, 0.3) is 11.4 Å². The standard InChI is InChI=1S/C21H29N5O2S/c1-3-28-18-11-9-17(10-12-18)19-24-25-21(26(19)22)29-15(2)20(27)23-14-13-16-7-5-4-6-8-16/h7,9-12,15H,3-6,8,13-14,22H2,1-2H3,(H,23,27)/t15-/m0/s1. The van der Waals surface area contributed by atoms with Gasteiger partial charge in [0, 0.05) is 12.1 Å². The van der Waals surface area contributed by atoms with Crippen LogP contribution >= 0.6 is 11.8 Å². The van der Waals surface area contributed by atoms with Crippen LogP contribution in [-0.2, 0) is 4.79 Å². The zero-order valence-corrected chi connectivity index (χ0v) is 17.9. The molecule has 0 unspecified atom stereocenters. The Balaban J connectivity index is 1.54. The Morgan fingerprint density at radius 3 is 2.79 bits per heavy atom. The van der Waals surface area contributed by atoms with Gasteiger partial charge in [-0.05, 0) is 70.2 Å². The van der Waals surface area contributed by atoms with Crippen molar-refractivity contribution in [1.29, 1.82) is 0 Å². The Kier molecular flexibility index (Phi) is 7.57. The molecule has 1 aromatic carbocycles. The molecule has 7 nitrogen and oxygen atoms in total. The summed E-state index contributed by atoms with van der Waals surface area (Å²) in [7, 11) is 0. The zero-order chi connectivity index (χ0) is 20.6. The molecule has 0 spiro atoms. The van der Waals surface area contributed by atoms with Crippen molar-refractivity contribution < 1.29 is 9.53 Å². The molecule has 0 bridgehead atoms. The Hall–Kier alpha value is -2.48. The van der Waals surface area contributed by atoms with Gasteiger partial charge in [0.2, 0.25) is 11.1 Å². The predicted molar refractivity (Wildman–Crippen MR) is 116 cm³/mol. The highest BCUT2D eigenvalue weighted by atomic mass is 32.2. The van der Waals surface area contributed by atoms with E-state index in [0.29, 0.717) is 24.1 Å². The zero-order valence-electron chi connectivity index (χ0n) is 17.1. The van der Waals surface area contributed by atoms with Gasteiger partial charge in [-0.3, -0.25) is 4.79 Å². The molecule has 3 N–H and O–H groups in total. The quantitative estimate of drug-likeness (QED) is 0.369. The minimum Gasteiger partial charge on any atom is -0.494 e. The van der Waals surface area contributed by atoms with Crippen LogP contribution in [0.3, 0.4) is 0 Å². The van der Waals surface area contributed by atoms with E-state index in [9.17, 15) is 4.79 Å². The van der Waals surface area contributed by atoms with Gasteiger partial charge in [-0.1, -0.05) is 23.4 Å². The lowest BCUT2D eigenvalue weighted by Crippen LogP contribution is -2.32. The Bertz CT molecular complexity index is 847. The summed E-state index contributed by atoms with van der Waals surface area (Å²) in [5, 5.41) is 11.6. The van der Waals surface area contributed by atoms with Crippen LogP contribution in [0.5, 0.6) is 5.75 Å². The molecule has 2 aromatic rings. The lowest BCUT2D eigenvalue weighted by Gasteiger charge is -2.14. The minimum atomic E-state index is -0.310. The smallest absolute Gasteiger partial charge is 0.233 e. The van der Waals surface area contributed by atoms with Crippen molar-refractivity contribution in [3.63, 3.8) is 0 Å². The van der Waals surface area contributed by atoms with Gasteiger partial charge in [-0.15, -0.1) is 10.2 Å². The molecule has 0 saturated carbocycles. The van der Waals surface area contributed by atoms with Gasteiger partial charge >= 0.3 is 0 Å². The first-order valence-electron chi connectivity index (χ1n) is 10.1. The number of nitrogens with two attached hydrogens (primary N) is 1. The molecule has 29 heavy (non-hydrogen) atoms. The normalized spacial score (nSPS) is 14.9. The van der Waals surface area contributed by atoms with Crippen molar-refractivity contribution in [2.24, 2.45) is 0 Å². The number of amides is 1. The van der Waals surface area contributed by atoms with Crippen molar-refractivity contribution >= 4 is 17.7 Å². The molecule has 1 aliphatic carbocycles. The number of rotatable bonds is 9. The highest BCUT2D eigenvalue weighted by molar-refractivity contribution is 8.00. The molecule has 1 aliphatic rings. The second-order valence-corrected chi connectivity index (χ2v) is 8.35. The van der Waals surface area contributed by atoms with Crippen LogP contribution in [0.1, 0.15) is 46.0 Å². The number of aromatic nitrogens is 3. The van der Waals surface area contributed by atoms with Gasteiger partial charge in [-0.25, -0.2) is 4.68 Å². The number of carbonyl (C=O) groups excluding carboxylic acids is 1. The van der Waals surface area contributed by atoms with Crippen LogP contribution in [0, 0.1) is 0 Å². The predicted octanol–water partition coefficient (Wildman–Crippen LogP) is 3.54. The summed E-state index contributed by atoms with van der Waals surface area (Å²) < 4.78 is 6.88. The number of benzene rings is 1. The number of nitrogens with one attached hydrogen (secondary N) is 1. The second kappa shape index (κ2) is 10.3. The summed E-state index contributed by atoms with van der Waals surface area (Å²) in [5.41, 5.74) is 2.30. The number of nitrogen functional groups attached to an aromatic ring is 1. The van der Waals surface area contributed by atoms with E-state index in [1.165, 1.54) is 41.3 Å². The first kappa shape index (κ1) is 21.2. The third-order valence-corrected chi connectivity index (χ3v) is 5.93. The van der Waals surface area contributed by atoms with Gasteiger partial charge in [0.25, 0.3) is 0 Å². The maximum absolute atomic E-state index is 12.4. The first-order valence-corrected chi connectivity index (χ1v) is 11.0. The maximum atomic E-state index is 12.4. The van der Waals surface area contributed by atoms with Gasteiger partial charge in [0.15, 0.2) is 5.82 Å². The van der Waals surface area contributed by atoms with Crippen LogP contribution < -0.4 is 15.9 Å². The summed E-state index contributed by atoms with van der Waals surface area (Å²) in [4.78, 5) is 12.4. The molecule has 1 atom stereocenters. The Morgan fingerprint density at radius 1 is 1.31 bits per heavy atom. The summed E-state index contributed by atoms with van der Waals surface area (Å²) in [6, 6.07) is 7.53. The fourth-order valence-electron chi connectivity index (χ4n) is 3.25. The third-order valence-electron chi connectivity index (χ3n) is 4.87. The van der Waals surface area contributed by atoms with E-state index in [-0.39, 0.29) is 11.2 Å². The molecule has 8 heteroatoms. The highest BCUT2D eigenvalue weighted by Crippen LogP contribution is 2.26. The summed E-state index contributed by atoms with van der Waals surface area (Å²) in [6.07, 6.45) is 8.10. The first-order chi connectivity index (χ1) is 14.1. The fraction of sp³-hybridized carbons (Fsp3) is 0.476. The average molecular weight is 416 g/mol. The summed E-state index contributed by atoms with van der Waals surface area (Å²) >= 11 is 1.30. The minimum absolute atomic E-state index is 0.0166. The van der Waals surface area contributed by atoms with Gasteiger partial charge in [0.1, 0.15) is 5.75 Å². The largest absolute Gasteiger partial charge is 0.494 e. The molecule has 156 valence electrons. The molecule has 0 saturated heterocycles. The van der Waals surface area contributed by atoms with Gasteiger partial charge in [-0.2, -0.15) is 0 Å². The van der Waals surface area contributed by atoms with Crippen LogP contribution in [0.2, 0.25) is 0 Å². The third kappa shape index (κ3) is 5.76. The van der Waals surface area contributed by atoms with Gasteiger partial charge < -0.3 is 15.9 Å².